The van der Waals surface area contributed by atoms with Gasteiger partial charge in [-0.1, -0.05) is 0 Å². The molecule has 0 amide bonds. The number of nitrogens with zero attached hydrogens (tertiary/aromatic N) is 2. The molecule has 1 unspecified atom stereocenters. The maximum absolute atomic E-state index is 14.4. The van der Waals surface area contributed by atoms with E-state index in [1.165, 1.54) is 25.3 Å². The van der Waals surface area contributed by atoms with E-state index in [0.717, 1.165) is 22.9 Å². The number of benzene rings is 2. The summed E-state index contributed by atoms with van der Waals surface area (Å²) in [5, 5.41) is 8.66. The minimum Gasteiger partial charge on any atom is -0.494 e. The first-order valence-electron chi connectivity index (χ1n) is 8.50. The second-order valence-electron chi connectivity index (χ2n) is 6.61. The smallest absolute Gasteiger partial charge is 0.436 e. The van der Waals surface area contributed by atoms with Crippen LogP contribution in [0.4, 0.5) is 17.6 Å². The number of aromatic nitrogens is 2. The van der Waals surface area contributed by atoms with Gasteiger partial charge in [-0.15, -0.1) is 0 Å². The predicted molar refractivity (Wildman–Crippen MR) is 102 cm³/mol. The Bertz CT molecular complexity index is 1330. The standard InChI is InChI=1S/C18H13F4N3O4S2/c1-29-14-6-9-8-30(26)16-15(12(9)7-13(14)19)25(24-17(16)18(20,21)22)10-2-4-11(5-3-10)31(23,27)28/h2-7H,8H2,1H3,(H2,23,27,28). The quantitative estimate of drug-likeness (QED) is 0.587. The van der Waals surface area contributed by atoms with Crippen molar-refractivity contribution >= 4 is 20.8 Å². The van der Waals surface area contributed by atoms with Crippen LogP contribution < -0.4 is 9.88 Å². The van der Waals surface area contributed by atoms with Crippen LogP contribution in [0.2, 0.25) is 0 Å². The lowest BCUT2D eigenvalue weighted by molar-refractivity contribution is -0.143. The SMILES string of the molecule is COc1cc2c(cc1F)-c1c(c(C(F)(F)F)nn1-c1ccc(S(N)(=O)=O)cc1)S(=O)C2. The van der Waals surface area contributed by atoms with Crippen LogP contribution in [0.25, 0.3) is 16.9 Å². The molecule has 3 aromatic rings. The van der Waals surface area contributed by atoms with Gasteiger partial charge in [-0.3, -0.25) is 4.21 Å². The van der Waals surface area contributed by atoms with Crippen molar-refractivity contribution in [1.29, 1.82) is 0 Å². The number of rotatable bonds is 3. The van der Waals surface area contributed by atoms with Gasteiger partial charge in [0, 0.05) is 5.56 Å². The van der Waals surface area contributed by atoms with E-state index in [1.807, 2.05) is 0 Å². The molecule has 0 fully saturated rings. The molecular formula is C18H13F4N3O4S2. The van der Waals surface area contributed by atoms with E-state index in [9.17, 15) is 30.2 Å². The maximum atomic E-state index is 14.4. The number of hydrogen-bond donors (Lipinski definition) is 1. The second kappa shape index (κ2) is 7.14. The van der Waals surface area contributed by atoms with Gasteiger partial charge < -0.3 is 4.74 Å². The number of primary sulfonamides is 1. The van der Waals surface area contributed by atoms with Crippen molar-refractivity contribution < 1.29 is 34.9 Å². The molecule has 4 rings (SSSR count). The largest absolute Gasteiger partial charge is 0.494 e. The lowest BCUT2D eigenvalue weighted by Crippen LogP contribution is -2.14. The molecule has 0 spiro atoms. The van der Waals surface area contributed by atoms with Crippen molar-refractivity contribution in [2.24, 2.45) is 5.14 Å². The zero-order valence-electron chi connectivity index (χ0n) is 15.6. The Morgan fingerprint density at radius 1 is 1.19 bits per heavy atom. The van der Waals surface area contributed by atoms with Gasteiger partial charge in [0.1, 0.15) is 0 Å². The van der Waals surface area contributed by atoms with Gasteiger partial charge in [0.25, 0.3) is 0 Å². The minimum absolute atomic E-state index is 0.0419. The molecule has 0 saturated carbocycles. The zero-order valence-corrected chi connectivity index (χ0v) is 17.2. The first-order valence-corrected chi connectivity index (χ1v) is 11.4. The molecule has 2 N–H and O–H groups in total. The third-order valence-corrected chi connectivity index (χ3v) is 7.01. The Morgan fingerprint density at radius 2 is 1.84 bits per heavy atom. The van der Waals surface area contributed by atoms with Gasteiger partial charge in [0.2, 0.25) is 10.0 Å². The monoisotopic (exact) mass is 475 g/mol. The van der Waals surface area contributed by atoms with Crippen LogP contribution in [-0.4, -0.2) is 29.5 Å². The van der Waals surface area contributed by atoms with E-state index in [1.54, 1.807) is 0 Å². The van der Waals surface area contributed by atoms with E-state index in [-0.39, 0.29) is 33.3 Å². The molecule has 1 aliphatic heterocycles. The Kier molecular flexibility index (Phi) is 4.94. The molecule has 0 radical (unpaired) electrons. The average molecular weight is 475 g/mol. The molecule has 0 aliphatic carbocycles. The summed E-state index contributed by atoms with van der Waals surface area (Å²) in [4.78, 5) is -0.826. The van der Waals surface area contributed by atoms with Gasteiger partial charge in [0.05, 0.1) is 44.8 Å². The molecule has 31 heavy (non-hydrogen) atoms. The number of fused-ring (bicyclic) bond motifs is 3. The molecule has 164 valence electrons. The van der Waals surface area contributed by atoms with E-state index in [4.69, 9.17) is 9.88 Å². The molecular weight excluding hydrogens is 462 g/mol. The lowest BCUT2D eigenvalue weighted by atomic mass is 10.0. The number of nitrogens with two attached hydrogens (primary N) is 1. The molecule has 1 atom stereocenters. The van der Waals surface area contributed by atoms with Gasteiger partial charge >= 0.3 is 6.18 Å². The van der Waals surface area contributed by atoms with E-state index < -0.39 is 43.4 Å². The van der Waals surface area contributed by atoms with Crippen LogP contribution in [0.1, 0.15) is 11.3 Å². The van der Waals surface area contributed by atoms with Crippen LogP contribution in [0.3, 0.4) is 0 Å². The van der Waals surface area contributed by atoms with Crippen LogP contribution in [0, 0.1) is 5.82 Å². The van der Waals surface area contributed by atoms with Crippen molar-refractivity contribution in [1.82, 2.24) is 9.78 Å². The van der Waals surface area contributed by atoms with Crippen molar-refractivity contribution in [3.05, 3.63) is 53.5 Å². The molecule has 1 aliphatic rings. The summed E-state index contributed by atoms with van der Waals surface area (Å²) in [6.07, 6.45) is -4.92. The summed E-state index contributed by atoms with van der Waals surface area (Å²) in [6, 6.07) is 6.87. The minimum atomic E-state index is -4.92. The summed E-state index contributed by atoms with van der Waals surface area (Å²) >= 11 is 0. The lowest BCUT2D eigenvalue weighted by Gasteiger charge is -2.20. The molecule has 7 nitrogen and oxygen atoms in total. The number of hydrogen-bond acceptors (Lipinski definition) is 5. The normalized spacial score (nSPS) is 16.0. The number of ether oxygens (including phenoxy) is 1. The van der Waals surface area contributed by atoms with Crippen LogP contribution in [0.15, 0.2) is 46.2 Å². The third kappa shape index (κ3) is 3.62. The van der Waals surface area contributed by atoms with Crippen LogP contribution in [0.5, 0.6) is 5.75 Å². The Balaban J connectivity index is 2.03. The number of methoxy groups -OCH3 is 1. The first kappa shape index (κ1) is 21.5. The predicted octanol–water partition coefficient (Wildman–Crippen LogP) is 2.97. The first-order chi connectivity index (χ1) is 14.4. The third-order valence-electron chi connectivity index (χ3n) is 4.67. The van der Waals surface area contributed by atoms with Crippen molar-refractivity contribution in [2.45, 2.75) is 21.7 Å². The number of alkyl halides is 3. The fourth-order valence-corrected chi connectivity index (χ4v) is 5.28. The van der Waals surface area contributed by atoms with E-state index in [2.05, 4.69) is 5.10 Å². The second-order valence-corrected chi connectivity index (χ2v) is 9.56. The van der Waals surface area contributed by atoms with Gasteiger partial charge in [-0.25, -0.2) is 22.6 Å². The highest BCUT2D eigenvalue weighted by Gasteiger charge is 2.43. The van der Waals surface area contributed by atoms with Crippen molar-refractivity contribution in [3.8, 4) is 22.7 Å². The summed E-state index contributed by atoms with van der Waals surface area (Å²) in [5.41, 5.74) is -1.12. The van der Waals surface area contributed by atoms with Gasteiger partial charge in [0.15, 0.2) is 17.3 Å². The van der Waals surface area contributed by atoms with Crippen LogP contribution >= 0.6 is 0 Å². The summed E-state index contributed by atoms with van der Waals surface area (Å²) in [7, 11) is -4.92. The highest BCUT2D eigenvalue weighted by atomic mass is 32.2. The molecule has 2 heterocycles. The topological polar surface area (TPSA) is 104 Å². The number of halogens is 4. The number of sulfonamides is 1. The molecule has 1 aromatic heterocycles. The van der Waals surface area contributed by atoms with E-state index >= 15 is 0 Å². The maximum Gasteiger partial charge on any atom is 0.436 e. The summed E-state index contributed by atoms with van der Waals surface area (Å²) in [6.45, 7) is 0. The fourth-order valence-electron chi connectivity index (χ4n) is 3.31. The van der Waals surface area contributed by atoms with E-state index in [0.29, 0.717) is 5.56 Å². The van der Waals surface area contributed by atoms with Gasteiger partial charge in [-0.2, -0.15) is 18.3 Å². The fraction of sp³-hybridized carbons (Fsp3) is 0.167. The van der Waals surface area contributed by atoms with Crippen LogP contribution in [-0.2, 0) is 32.8 Å². The van der Waals surface area contributed by atoms with Crippen molar-refractivity contribution in [3.63, 3.8) is 0 Å². The summed E-state index contributed by atoms with van der Waals surface area (Å²) < 4.78 is 96.9. The molecule has 2 aromatic carbocycles. The highest BCUT2D eigenvalue weighted by Crippen LogP contribution is 2.45. The Morgan fingerprint density at radius 3 is 2.39 bits per heavy atom. The summed E-state index contributed by atoms with van der Waals surface area (Å²) in [5.74, 6) is -1.23. The van der Waals surface area contributed by atoms with Gasteiger partial charge in [-0.05, 0) is 42.0 Å². The molecule has 13 heteroatoms. The zero-order chi connectivity index (χ0) is 22.7. The Hall–Kier alpha value is -2.77. The average Bonchev–Trinajstić information content (AvgIpc) is 3.10. The highest BCUT2D eigenvalue weighted by molar-refractivity contribution is 7.89. The van der Waals surface area contributed by atoms with Crippen molar-refractivity contribution in [2.75, 3.05) is 7.11 Å². The molecule has 0 saturated heterocycles. The molecule has 0 bridgehead atoms. The Labute approximate surface area is 175 Å².